The van der Waals surface area contributed by atoms with Crippen LogP contribution in [0.25, 0.3) is 0 Å². The summed E-state index contributed by atoms with van der Waals surface area (Å²) in [4.78, 5) is 9.80. The molecule has 1 saturated heterocycles. The molecule has 1 unspecified atom stereocenters. The topological polar surface area (TPSA) is 40.6 Å². The van der Waals surface area contributed by atoms with Crippen LogP contribution in [0.4, 0.5) is 11.5 Å². The molecule has 1 atom stereocenters. The molecule has 4 rings (SSSR count). The van der Waals surface area contributed by atoms with Crippen molar-refractivity contribution < 1.29 is 4.74 Å². The second-order valence-electron chi connectivity index (χ2n) is 7.80. The van der Waals surface area contributed by atoms with Crippen LogP contribution in [0.3, 0.4) is 0 Å². The number of methoxy groups -OCH3 is 1. The highest BCUT2D eigenvalue weighted by molar-refractivity contribution is 5.69. The average Bonchev–Trinajstić information content (AvgIpc) is 2.90. The zero-order chi connectivity index (χ0) is 18.5. The Hall–Kier alpha value is -2.01. The summed E-state index contributed by atoms with van der Waals surface area (Å²) in [7, 11) is 1.68. The lowest BCUT2D eigenvalue weighted by molar-refractivity contribution is 0.168. The molecule has 27 heavy (non-hydrogen) atoms. The normalized spacial score (nSPS) is 24.5. The lowest BCUT2D eigenvalue weighted by Crippen LogP contribution is -2.46. The van der Waals surface area contributed by atoms with E-state index in [1.807, 2.05) is 6.07 Å². The smallest absolute Gasteiger partial charge is 0.215 e. The molecule has 1 fully saturated rings. The molecule has 3 heterocycles. The van der Waals surface area contributed by atoms with Crippen molar-refractivity contribution in [2.45, 2.75) is 57.0 Å². The molecule has 1 aromatic rings. The van der Waals surface area contributed by atoms with Crippen LogP contribution in [0.5, 0.6) is 5.88 Å². The number of hydrogen-bond donors (Lipinski definition) is 1. The van der Waals surface area contributed by atoms with E-state index in [1.54, 1.807) is 7.11 Å². The third-order valence-corrected chi connectivity index (χ3v) is 6.07. The number of fused-ring (bicyclic) bond motifs is 1. The Morgan fingerprint density at radius 1 is 1.07 bits per heavy atom. The van der Waals surface area contributed by atoms with E-state index in [9.17, 15) is 0 Å². The Morgan fingerprint density at radius 2 is 1.96 bits per heavy atom. The second kappa shape index (κ2) is 8.79. The van der Waals surface area contributed by atoms with Crippen molar-refractivity contribution in [3.8, 4) is 5.88 Å². The van der Waals surface area contributed by atoms with Crippen LogP contribution in [0, 0.1) is 0 Å². The summed E-state index contributed by atoms with van der Waals surface area (Å²) in [5.74, 6) is 1.67. The van der Waals surface area contributed by atoms with Crippen LogP contribution in [0.1, 0.15) is 44.9 Å². The molecule has 0 saturated carbocycles. The van der Waals surface area contributed by atoms with Gasteiger partial charge in [0.2, 0.25) is 5.88 Å². The predicted molar refractivity (Wildman–Crippen MR) is 112 cm³/mol. The fourth-order valence-corrected chi connectivity index (χ4v) is 4.52. The zero-order valence-corrected chi connectivity index (χ0v) is 16.4. The number of likely N-dealkylation sites (tertiary alicyclic amines) is 1. The van der Waals surface area contributed by atoms with Crippen molar-refractivity contribution in [3.63, 3.8) is 0 Å². The molecule has 0 amide bonds. The van der Waals surface area contributed by atoms with Gasteiger partial charge in [-0.3, -0.25) is 4.90 Å². The van der Waals surface area contributed by atoms with Crippen molar-refractivity contribution in [2.75, 3.05) is 37.0 Å². The molecule has 2 aliphatic heterocycles. The summed E-state index contributed by atoms with van der Waals surface area (Å²) in [5.41, 5.74) is 1.09. The van der Waals surface area contributed by atoms with E-state index in [4.69, 9.17) is 9.72 Å². The maximum Gasteiger partial charge on any atom is 0.215 e. The summed E-state index contributed by atoms with van der Waals surface area (Å²) < 4.78 is 5.37. The van der Waals surface area contributed by atoms with Crippen LogP contribution in [-0.2, 0) is 0 Å². The van der Waals surface area contributed by atoms with Gasteiger partial charge in [0, 0.05) is 44.0 Å². The van der Waals surface area contributed by atoms with E-state index >= 15 is 0 Å². The number of rotatable bonds is 3. The Labute approximate surface area is 163 Å². The van der Waals surface area contributed by atoms with Gasteiger partial charge in [-0.15, -0.1) is 0 Å². The minimum atomic E-state index is 0.494. The fourth-order valence-electron chi connectivity index (χ4n) is 4.52. The van der Waals surface area contributed by atoms with Crippen molar-refractivity contribution in [1.29, 1.82) is 0 Å². The Kier molecular flexibility index (Phi) is 5.97. The maximum absolute atomic E-state index is 5.37. The minimum Gasteiger partial charge on any atom is -0.481 e. The quantitative estimate of drug-likeness (QED) is 0.810. The fraction of sp³-hybridized carbons (Fsp3) is 0.591. The molecule has 0 aromatic carbocycles. The Balaban J connectivity index is 1.45. The first-order valence-electron chi connectivity index (χ1n) is 10.5. The second-order valence-corrected chi connectivity index (χ2v) is 7.80. The van der Waals surface area contributed by atoms with Gasteiger partial charge in [-0.25, -0.2) is 0 Å². The molecule has 0 bridgehead atoms. The van der Waals surface area contributed by atoms with Crippen LogP contribution in [0.2, 0.25) is 0 Å². The van der Waals surface area contributed by atoms with E-state index in [-0.39, 0.29) is 0 Å². The van der Waals surface area contributed by atoms with E-state index in [1.165, 1.54) is 44.9 Å². The van der Waals surface area contributed by atoms with Gasteiger partial charge in [0.15, 0.2) is 5.82 Å². The van der Waals surface area contributed by atoms with Crippen LogP contribution >= 0.6 is 0 Å². The van der Waals surface area contributed by atoms with Crippen molar-refractivity contribution in [3.05, 3.63) is 36.6 Å². The summed E-state index contributed by atoms with van der Waals surface area (Å²) in [6.07, 6.45) is 18.3. The number of aromatic nitrogens is 1. The molecular weight excluding hydrogens is 336 g/mol. The van der Waals surface area contributed by atoms with E-state index in [0.29, 0.717) is 18.0 Å². The van der Waals surface area contributed by atoms with Gasteiger partial charge in [-0.1, -0.05) is 25.0 Å². The van der Waals surface area contributed by atoms with Gasteiger partial charge in [0.25, 0.3) is 0 Å². The third-order valence-electron chi connectivity index (χ3n) is 6.07. The Morgan fingerprint density at radius 3 is 2.81 bits per heavy atom. The largest absolute Gasteiger partial charge is 0.481 e. The first-order chi connectivity index (χ1) is 13.3. The SMILES string of the molecule is COc1ccc2c(n1)N(C1CCN(C3C=CCCCCC3)CC1)C=CCN2. The molecule has 0 spiro atoms. The number of ether oxygens (including phenoxy) is 1. The van der Waals surface area contributed by atoms with Crippen molar-refractivity contribution >= 4 is 11.5 Å². The monoisotopic (exact) mass is 368 g/mol. The first-order valence-corrected chi connectivity index (χ1v) is 10.5. The lowest BCUT2D eigenvalue weighted by Gasteiger charge is -2.40. The van der Waals surface area contributed by atoms with Crippen LogP contribution < -0.4 is 15.0 Å². The number of allylic oxidation sites excluding steroid dienone is 1. The van der Waals surface area contributed by atoms with Gasteiger partial charge >= 0.3 is 0 Å². The lowest BCUT2D eigenvalue weighted by atomic mass is 9.97. The summed E-state index contributed by atoms with van der Waals surface area (Å²) in [6, 6.07) is 5.14. The molecule has 5 heteroatoms. The number of piperidine rings is 1. The van der Waals surface area contributed by atoms with Crippen molar-refractivity contribution in [2.24, 2.45) is 0 Å². The molecule has 5 nitrogen and oxygen atoms in total. The Bertz CT molecular complexity index is 679. The standard InChI is InChI=1S/C22H32N4O/c1-27-21-11-10-20-22(24-21)26(15-7-14-23-20)19-12-16-25(17-13-19)18-8-5-3-2-4-6-9-18/h5,7-8,10-11,15,18-19,23H,2-4,6,9,12-14,16-17H2,1H3. The highest BCUT2D eigenvalue weighted by Crippen LogP contribution is 2.33. The van der Waals surface area contributed by atoms with Gasteiger partial charge in [-0.2, -0.15) is 4.98 Å². The third kappa shape index (κ3) is 4.29. The van der Waals surface area contributed by atoms with Gasteiger partial charge in [0.1, 0.15) is 0 Å². The average molecular weight is 369 g/mol. The number of nitrogens with zero attached hydrogens (tertiary/aromatic N) is 3. The predicted octanol–water partition coefficient (Wildman–Crippen LogP) is 4.19. The van der Waals surface area contributed by atoms with E-state index < -0.39 is 0 Å². The number of hydrogen-bond acceptors (Lipinski definition) is 5. The van der Waals surface area contributed by atoms with Crippen molar-refractivity contribution in [1.82, 2.24) is 9.88 Å². The highest BCUT2D eigenvalue weighted by atomic mass is 16.5. The molecule has 3 aliphatic rings. The maximum atomic E-state index is 5.37. The molecule has 0 radical (unpaired) electrons. The molecular formula is C22H32N4O. The van der Waals surface area contributed by atoms with Crippen LogP contribution in [0.15, 0.2) is 36.6 Å². The minimum absolute atomic E-state index is 0.494. The summed E-state index contributed by atoms with van der Waals surface area (Å²) in [5, 5.41) is 3.45. The zero-order valence-electron chi connectivity index (χ0n) is 16.4. The van der Waals surface area contributed by atoms with Gasteiger partial charge in [0.05, 0.1) is 12.8 Å². The van der Waals surface area contributed by atoms with Gasteiger partial charge in [-0.05, 0) is 44.2 Å². The van der Waals surface area contributed by atoms with Gasteiger partial charge < -0.3 is 15.0 Å². The molecule has 1 aromatic heterocycles. The summed E-state index contributed by atoms with van der Waals surface area (Å²) >= 11 is 0. The summed E-state index contributed by atoms with van der Waals surface area (Å²) in [6.45, 7) is 3.16. The molecule has 1 N–H and O–H groups in total. The number of nitrogens with one attached hydrogen (secondary N) is 1. The van der Waals surface area contributed by atoms with E-state index in [2.05, 4.69) is 45.6 Å². The van der Waals surface area contributed by atoms with Crippen LogP contribution in [-0.4, -0.2) is 48.7 Å². The highest BCUT2D eigenvalue weighted by Gasteiger charge is 2.29. The molecule has 146 valence electrons. The first kappa shape index (κ1) is 18.4. The molecule has 1 aliphatic carbocycles. The number of pyridine rings is 1. The number of anilines is 2. The van der Waals surface area contributed by atoms with E-state index in [0.717, 1.165) is 31.1 Å².